The molecule has 0 saturated heterocycles. The summed E-state index contributed by atoms with van der Waals surface area (Å²) in [6, 6.07) is 17.2. The molecule has 2 heterocycles. The highest BCUT2D eigenvalue weighted by atomic mass is 16.2. The van der Waals surface area contributed by atoms with Gasteiger partial charge >= 0.3 is 5.69 Å². The van der Waals surface area contributed by atoms with Crippen LogP contribution in [-0.4, -0.2) is 18.7 Å². The van der Waals surface area contributed by atoms with Gasteiger partial charge in [0.25, 0.3) is 5.56 Å². The average Bonchev–Trinajstić information content (AvgIpc) is 3.22. The van der Waals surface area contributed by atoms with Crippen molar-refractivity contribution >= 4 is 11.2 Å². The van der Waals surface area contributed by atoms with E-state index in [1.807, 2.05) is 36.4 Å². The van der Waals surface area contributed by atoms with E-state index in [-0.39, 0.29) is 11.2 Å². The summed E-state index contributed by atoms with van der Waals surface area (Å²) in [5, 5.41) is 9.23. The van der Waals surface area contributed by atoms with Crippen LogP contribution in [0.1, 0.15) is 56.7 Å². The molecule has 0 spiro atoms. The number of benzene rings is 2. The Labute approximate surface area is 198 Å². The van der Waals surface area contributed by atoms with Gasteiger partial charge in [0, 0.05) is 13.1 Å². The van der Waals surface area contributed by atoms with E-state index in [1.165, 1.54) is 14.7 Å². The molecule has 0 radical (unpaired) electrons. The molecule has 2 aromatic heterocycles. The Morgan fingerprint density at radius 2 is 1.76 bits per heavy atom. The third-order valence-corrected chi connectivity index (χ3v) is 6.06. The maximum Gasteiger partial charge on any atom is 0.337 e. The fourth-order valence-electron chi connectivity index (χ4n) is 4.06. The van der Waals surface area contributed by atoms with Crippen molar-refractivity contribution in [2.45, 2.75) is 53.1 Å². The number of nitriles is 1. The summed E-state index contributed by atoms with van der Waals surface area (Å²) in [6.07, 6.45) is 2.31. The number of nitrogens with zero attached hydrogens (tertiary/aromatic N) is 5. The van der Waals surface area contributed by atoms with Gasteiger partial charge in [0.1, 0.15) is 0 Å². The summed E-state index contributed by atoms with van der Waals surface area (Å²) in [5.74, 6) is 0.716. The van der Waals surface area contributed by atoms with Crippen LogP contribution < -0.4 is 11.2 Å². The molecule has 0 atom stereocenters. The molecule has 0 aliphatic rings. The lowest BCUT2D eigenvalue weighted by atomic mass is 10.0. The predicted octanol–water partition coefficient (Wildman–Crippen LogP) is 4.44. The van der Waals surface area contributed by atoms with Crippen molar-refractivity contribution in [2.24, 2.45) is 5.92 Å². The zero-order chi connectivity index (χ0) is 24.4. The summed E-state index contributed by atoms with van der Waals surface area (Å²) in [5.41, 5.74) is 3.27. The van der Waals surface area contributed by atoms with Gasteiger partial charge in [-0.1, -0.05) is 52.0 Å². The molecule has 0 unspecified atom stereocenters. The van der Waals surface area contributed by atoms with Gasteiger partial charge in [-0.3, -0.25) is 9.36 Å². The number of hydrogen-bond donors (Lipinski definition) is 0. The van der Waals surface area contributed by atoms with Gasteiger partial charge < -0.3 is 4.57 Å². The second kappa shape index (κ2) is 9.52. The quantitative estimate of drug-likeness (QED) is 0.412. The summed E-state index contributed by atoms with van der Waals surface area (Å²) in [4.78, 5) is 31.5. The van der Waals surface area contributed by atoms with Crippen LogP contribution >= 0.6 is 0 Å². The van der Waals surface area contributed by atoms with Crippen LogP contribution in [0.25, 0.3) is 16.9 Å². The summed E-state index contributed by atoms with van der Waals surface area (Å²) in [6.45, 7) is 9.08. The molecule has 4 aromatic rings. The molecule has 0 aliphatic carbocycles. The Hall–Kier alpha value is -3.92. The molecule has 7 nitrogen and oxygen atoms in total. The first-order chi connectivity index (χ1) is 16.3. The molecule has 0 amide bonds. The van der Waals surface area contributed by atoms with E-state index in [0.29, 0.717) is 53.8 Å². The minimum Gasteiger partial charge on any atom is -0.320 e. The van der Waals surface area contributed by atoms with Crippen LogP contribution in [0.15, 0.2) is 64.4 Å². The maximum atomic E-state index is 13.5. The van der Waals surface area contributed by atoms with E-state index >= 15 is 0 Å². The van der Waals surface area contributed by atoms with Crippen molar-refractivity contribution in [1.29, 1.82) is 5.26 Å². The van der Waals surface area contributed by atoms with Gasteiger partial charge in [0.15, 0.2) is 11.2 Å². The van der Waals surface area contributed by atoms with E-state index < -0.39 is 0 Å². The van der Waals surface area contributed by atoms with Crippen molar-refractivity contribution in [3.63, 3.8) is 0 Å². The van der Waals surface area contributed by atoms with Crippen LogP contribution in [0.2, 0.25) is 0 Å². The van der Waals surface area contributed by atoms with Crippen LogP contribution in [0.5, 0.6) is 0 Å². The van der Waals surface area contributed by atoms with Crippen molar-refractivity contribution < 1.29 is 0 Å². The molecular weight excluding hydrogens is 426 g/mol. The Morgan fingerprint density at radius 3 is 2.41 bits per heavy atom. The summed E-state index contributed by atoms with van der Waals surface area (Å²) < 4.78 is 4.62. The second-order valence-corrected chi connectivity index (χ2v) is 9.36. The lowest BCUT2D eigenvalue weighted by Crippen LogP contribution is -2.40. The lowest BCUT2D eigenvalue weighted by Gasteiger charge is -2.14. The number of rotatable bonds is 7. The summed E-state index contributed by atoms with van der Waals surface area (Å²) in [7, 11) is 0. The molecular formula is C27H29N5O2. The maximum absolute atomic E-state index is 13.5. The molecule has 4 rings (SSSR count). The van der Waals surface area contributed by atoms with Gasteiger partial charge in [-0.15, -0.1) is 0 Å². The van der Waals surface area contributed by atoms with Gasteiger partial charge in [0.2, 0.25) is 0 Å². The Balaban J connectivity index is 1.92. The first-order valence-electron chi connectivity index (χ1n) is 11.6. The molecule has 34 heavy (non-hydrogen) atoms. The minimum absolute atomic E-state index is 0.338. The van der Waals surface area contributed by atoms with Crippen molar-refractivity contribution in [3.05, 3.63) is 92.4 Å². The molecule has 2 aromatic carbocycles. The van der Waals surface area contributed by atoms with E-state index in [9.17, 15) is 14.9 Å². The van der Waals surface area contributed by atoms with Gasteiger partial charge in [-0.05, 0) is 53.6 Å². The number of imidazole rings is 1. The van der Waals surface area contributed by atoms with Crippen LogP contribution in [-0.2, 0) is 13.1 Å². The Morgan fingerprint density at radius 1 is 1.03 bits per heavy atom. The first-order valence-corrected chi connectivity index (χ1v) is 11.6. The van der Waals surface area contributed by atoms with E-state index in [4.69, 9.17) is 0 Å². The number of fused-ring (bicyclic) bond motifs is 1. The van der Waals surface area contributed by atoms with Gasteiger partial charge in [-0.2, -0.15) is 5.26 Å². The fraction of sp³-hybridized carbons (Fsp3) is 0.333. The molecule has 0 bridgehead atoms. The largest absolute Gasteiger partial charge is 0.337 e. The van der Waals surface area contributed by atoms with Gasteiger partial charge in [-0.25, -0.2) is 14.3 Å². The van der Waals surface area contributed by atoms with E-state index in [2.05, 4.69) is 38.7 Å². The summed E-state index contributed by atoms with van der Waals surface area (Å²) >= 11 is 0. The molecule has 0 fully saturated rings. The highest BCUT2D eigenvalue weighted by molar-refractivity contribution is 5.72. The molecule has 0 N–H and O–H groups in total. The third-order valence-electron chi connectivity index (χ3n) is 6.06. The standard InChI is InChI=1S/C27H29N5O2/c1-18(2)12-13-31-26(33)24-25(29-17-30(24)16-21-7-5-6-20(14-21)15-28)32(27(31)34)23-10-8-22(9-11-23)19(3)4/h5-11,14,17-19H,12-13,16H2,1-4H3. The topological polar surface area (TPSA) is 85.6 Å². The average molecular weight is 456 g/mol. The second-order valence-electron chi connectivity index (χ2n) is 9.36. The SMILES string of the molecule is CC(C)CCn1c(=O)c2c(ncn2Cc2cccc(C#N)c2)n(-c2ccc(C(C)C)cc2)c1=O. The predicted molar refractivity (Wildman–Crippen MR) is 133 cm³/mol. The van der Waals surface area contributed by atoms with Crippen molar-refractivity contribution in [1.82, 2.24) is 18.7 Å². The smallest absolute Gasteiger partial charge is 0.320 e. The highest BCUT2D eigenvalue weighted by Crippen LogP contribution is 2.19. The van der Waals surface area contributed by atoms with Gasteiger partial charge in [0.05, 0.1) is 23.6 Å². The van der Waals surface area contributed by atoms with Crippen molar-refractivity contribution in [3.8, 4) is 11.8 Å². The molecule has 0 aliphatic heterocycles. The zero-order valence-electron chi connectivity index (χ0n) is 20.0. The fourth-order valence-corrected chi connectivity index (χ4v) is 4.06. The van der Waals surface area contributed by atoms with E-state index in [0.717, 1.165) is 5.56 Å². The van der Waals surface area contributed by atoms with E-state index in [1.54, 1.807) is 23.0 Å². The number of hydrogen-bond acceptors (Lipinski definition) is 4. The van der Waals surface area contributed by atoms with Crippen molar-refractivity contribution in [2.75, 3.05) is 0 Å². The molecule has 174 valence electrons. The Bertz CT molecular complexity index is 1480. The third kappa shape index (κ3) is 4.44. The molecule has 7 heteroatoms. The Kier molecular flexibility index (Phi) is 6.51. The normalized spacial score (nSPS) is 11.4. The zero-order valence-corrected chi connectivity index (χ0v) is 20.0. The lowest BCUT2D eigenvalue weighted by molar-refractivity contribution is 0.491. The van der Waals surface area contributed by atoms with Crippen LogP contribution in [0.3, 0.4) is 0 Å². The highest BCUT2D eigenvalue weighted by Gasteiger charge is 2.20. The monoisotopic (exact) mass is 455 g/mol. The molecule has 0 saturated carbocycles. The first kappa shape index (κ1) is 23.2. The number of aromatic nitrogens is 4. The van der Waals surface area contributed by atoms with Crippen LogP contribution in [0, 0.1) is 17.2 Å². The minimum atomic E-state index is -0.382. The van der Waals surface area contributed by atoms with Crippen LogP contribution in [0.4, 0.5) is 0 Å².